The summed E-state index contributed by atoms with van der Waals surface area (Å²) in [5.41, 5.74) is 5.65. The molecule has 0 saturated carbocycles. The van der Waals surface area contributed by atoms with Gasteiger partial charge < -0.3 is 14.8 Å². The fourth-order valence-electron chi connectivity index (χ4n) is 3.02. The van der Waals surface area contributed by atoms with Crippen LogP contribution in [0.15, 0.2) is 60.7 Å². The minimum atomic E-state index is -0.159. The van der Waals surface area contributed by atoms with E-state index in [0.717, 1.165) is 33.9 Å². The third kappa shape index (κ3) is 5.38. The van der Waals surface area contributed by atoms with Crippen LogP contribution in [0, 0.1) is 20.8 Å². The van der Waals surface area contributed by atoms with Crippen LogP contribution in [0.4, 0.5) is 5.69 Å². The summed E-state index contributed by atoms with van der Waals surface area (Å²) >= 11 is 0. The maximum atomic E-state index is 12.8. The Bertz CT molecular complexity index is 1010. The highest BCUT2D eigenvalue weighted by molar-refractivity contribution is 6.04. The smallest absolute Gasteiger partial charge is 0.255 e. The van der Waals surface area contributed by atoms with Crippen molar-refractivity contribution in [1.29, 1.82) is 0 Å². The summed E-state index contributed by atoms with van der Waals surface area (Å²) in [7, 11) is 0. The van der Waals surface area contributed by atoms with Gasteiger partial charge in [0.05, 0.1) is 6.61 Å². The molecule has 0 spiro atoms. The Morgan fingerprint density at radius 1 is 0.897 bits per heavy atom. The summed E-state index contributed by atoms with van der Waals surface area (Å²) in [6, 6.07) is 19.2. The molecule has 0 bridgehead atoms. The molecule has 0 aromatic heterocycles. The molecule has 0 saturated heterocycles. The molecule has 0 aliphatic rings. The van der Waals surface area contributed by atoms with Gasteiger partial charge in [-0.15, -0.1) is 0 Å². The van der Waals surface area contributed by atoms with E-state index in [1.54, 1.807) is 6.07 Å². The van der Waals surface area contributed by atoms with Crippen molar-refractivity contribution in [1.82, 2.24) is 0 Å². The molecular formula is C25H27NO3. The van der Waals surface area contributed by atoms with Gasteiger partial charge in [0.15, 0.2) is 0 Å². The molecule has 0 fully saturated rings. The number of anilines is 1. The van der Waals surface area contributed by atoms with Crippen molar-refractivity contribution in [3.05, 3.63) is 88.5 Å². The molecule has 0 aliphatic heterocycles. The van der Waals surface area contributed by atoms with E-state index in [1.165, 1.54) is 5.56 Å². The lowest BCUT2D eigenvalue weighted by atomic mass is 10.1. The topological polar surface area (TPSA) is 47.6 Å². The van der Waals surface area contributed by atoms with Crippen LogP contribution in [0.1, 0.15) is 39.5 Å². The van der Waals surface area contributed by atoms with Gasteiger partial charge >= 0.3 is 0 Å². The molecule has 3 aromatic carbocycles. The Morgan fingerprint density at radius 3 is 2.45 bits per heavy atom. The fourth-order valence-corrected chi connectivity index (χ4v) is 3.02. The summed E-state index contributed by atoms with van der Waals surface area (Å²) in [5, 5.41) is 2.97. The van der Waals surface area contributed by atoms with E-state index < -0.39 is 0 Å². The predicted octanol–water partition coefficient (Wildman–Crippen LogP) is 5.84. The van der Waals surface area contributed by atoms with Crippen LogP contribution in [0.2, 0.25) is 0 Å². The van der Waals surface area contributed by atoms with Crippen LogP contribution < -0.4 is 14.8 Å². The number of rotatable bonds is 7. The SMILES string of the molecule is CCOc1ccc(C(=O)Nc2ccc(C)c(C)c2)cc1COc1cccc(C)c1. The number of amides is 1. The molecule has 3 aromatic rings. The van der Waals surface area contributed by atoms with Crippen molar-refractivity contribution in [2.45, 2.75) is 34.3 Å². The fraction of sp³-hybridized carbons (Fsp3) is 0.240. The van der Waals surface area contributed by atoms with E-state index >= 15 is 0 Å². The average Bonchev–Trinajstić information content (AvgIpc) is 2.70. The molecule has 0 atom stereocenters. The van der Waals surface area contributed by atoms with Gasteiger partial charge in [-0.3, -0.25) is 4.79 Å². The molecule has 4 heteroatoms. The Morgan fingerprint density at radius 2 is 1.72 bits per heavy atom. The number of ether oxygens (including phenoxy) is 2. The van der Waals surface area contributed by atoms with E-state index in [-0.39, 0.29) is 5.91 Å². The maximum absolute atomic E-state index is 12.8. The first kappa shape index (κ1) is 20.5. The zero-order valence-electron chi connectivity index (χ0n) is 17.4. The van der Waals surface area contributed by atoms with Gasteiger partial charge in [0.25, 0.3) is 5.91 Å². The molecule has 1 amide bonds. The molecule has 0 radical (unpaired) electrons. The average molecular weight is 389 g/mol. The normalized spacial score (nSPS) is 10.5. The molecule has 1 N–H and O–H groups in total. The molecule has 29 heavy (non-hydrogen) atoms. The number of carbonyl (C=O) groups excluding carboxylic acids is 1. The first-order valence-corrected chi connectivity index (χ1v) is 9.80. The van der Waals surface area contributed by atoms with Crippen LogP contribution in [0.3, 0.4) is 0 Å². The van der Waals surface area contributed by atoms with Gasteiger partial charge in [0.1, 0.15) is 18.1 Å². The quantitative estimate of drug-likeness (QED) is 0.552. The minimum absolute atomic E-state index is 0.159. The minimum Gasteiger partial charge on any atom is -0.493 e. The molecule has 0 heterocycles. The van der Waals surface area contributed by atoms with Crippen LogP contribution in [-0.4, -0.2) is 12.5 Å². The number of nitrogens with one attached hydrogen (secondary N) is 1. The number of aryl methyl sites for hydroxylation is 3. The van der Waals surface area contributed by atoms with Gasteiger partial charge in [-0.1, -0.05) is 18.2 Å². The van der Waals surface area contributed by atoms with Gasteiger partial charge in [-0.05, 0) is 86.8 Å². The summed E-state index contributed by atoms with van der Waals surface area (Å²) in [6.45, 7) is 8.91. The van der Waals surface area contributed by atoms with Gasteiger partial charge in [-0.2, -0.15) is 0 Å². The first-order chi connectivity index (χ1) is 14.0. The molecule has 3 rings (SSSR count). The monoisotopic (exact) mass is 389 g/mol. The largest absolute Gasteiger partial charge is 0.493 e. The van der Waals surface area contributed by atoms with Crippen molar-refractivity contribution in [3.63, 3.8) is 0 Å². The third-order valence-corrected chi connectivity index (χ3v) is 4.77. The number of hydrogen-bond donors (Lipinski definition) is 1. The summed E-state index contributed by atoms with van der Waals surface area (Å²) in [5.74, 6) is 1.36. The van der Waals surface area contributed by atoms with E-state index in [2.05, 4.69) is 5.32 Å². The second-order valence-electron chi connectivity index (χ2n) is 7.11. The van der Waals surface area contributed by atoms with Crippen LogP contribution in [0.25, 0.3) is 0 Å². The van der Waals surface area contributed by atoms with E-state index in [4.69, 9.17) is 9.47 Å². The van der Waals surface area contributed by atoms with Crippen molar-refractivity contribution in [2.24, 2.45) is 0 Å². The van der Waals surface area contributed by atoms with Crippen LogP contribution in [0.5, 0.6) is 11.5 Å². The molecule has 0 aliphatic carbocycles. The molecule has 0 unspecified atom stereocenters. The number of benzene rings is 3. The second-order valence-corrected chi connectivity index (χ2v) is 7.11. The Kier molecular flexibility index (Phi) is 6.55. The Labute approximate surface area is 172 Å². The Hall–Kier alpha value is -3.27. The highest BCUT2D eigenvalue weighted by Gasteiger charge is 2.12. The highest BCUT2D eigenvalue weighted by Crippen LogP contribution is 2.24. The molecule has 150 valence electrons. The number of hydrogen-bond acceptors (Lipinski definition) is 3. The lowest BCUT2D eigenvalue weighted by Gasteiger charge is -2.14. The van der Waals surface area contributed by atoms with Crippen molar-refractivity contribution in [3.8, 4) is 11.5 Å². The van der Waals surface area contributed by atoms with E-state index in [9.17, 15) is 4.79 Å². The highest BCUT2D eigenvalue weighted by atomic mass is 16.5. The van der Waals surface area contributed by atoms with Crippen molar-refractivity contribution in [2.75, 3.05) is 11.9 Å². The third-order valence-electron chi connectivity index (χ3n) is 4.77. The maximum Gasteiger partial charge on any atom is 0.255 e. The van der Waals surface area contributed by atoms with E-state index in [1.807, 2.05) is 82.3 Å². The van der Waals surface area contributed by atoms with Gasteiger partial charge in [-0.25, -0.2) is 0 Å². The molecular weight excluding hydrogens is 362 g/mol. The van der Waals surface area contributed by atoms with Gasteiger partial charge in [0.2, 0.25) is 0 Å². The summed E-state index contributed by atoms with van der Waals surface area (Å²) < 4.78 is 11.6. The zero-order valence-corrected chi connectivity index (χ0v) is 17.4. The summed E-state index contributed by atoms with van der Waals surface area (Å²) in [4.78, 5) is 12.8. The second kappa shape index (κ2) is 9.28. The standard InChI is InChI=1S/C25H27NO3/c1-5-28-24-12-10-20(25(27)26-22-11-9-18(3)19(4)14-22)15-21(24)16-29-23-8-6-7-17(2)13-23/h6-15H,5,16H2,1-4H3,(H,26,27). The molecule has 4 nitrogen and oxygen atoms in total. The van der Waals surface area contributed by atoms with Crippen LogP contribution in [-0.2, 0) is 6.61 Å². The van der Waals surface area contributed by atoms with E-state index in [0.29, 0.717) is 18.8 Å². The summed E-state index contributed by atoms with van der Waals surface area (Å²) in [6.07, 6.45) is 0. The van der Waals surface area contributed by atoms with Crippen LogP contribution >= 0.6 is 0 Å². The lowest BCUT2D eigenvalue weighted by Crippen LogP contribution is -2.13. The predicted molar refractivity (Wildman–Crippen MR) is 117 cm³/mol. The Balaban J connectivity index is 1.79. The van der Waals surface area contributed by atoms with Crippen molar-refractivity contribution >= 4 is 11.6 Å². The first-order valence-electron chi connectivity index (χ1n) is 9.80. The lowest BCUT2D eigenvalue weighted by molar-refractivity contribution is 0.102. The number of carbonyl (C=O) groups is 1. The van der Waals surface area contributed by atoms with Gasteiger partial charge in [0, 0.05) is 16.8 Å². The zero-order chi connectivity index (χ0) is 20.8. The van der Waals surface area contributed by atoms with Crippen molar-refractivity contribution < 1.29 is 14.3 Å².